The molecule has 106 valence electrons. The summed E-state index contributed by atoms with van der Waals surface area (Å²) in [5, 5.41) is 2.83. The van der Waals surface area contributed by atoms with Crippen molar-refractivity contribution in [1.82, 2.24) is 16.2 Å². The third kappa shape index (κ3) is 8.88. The summed E-state index contributed by atoms with van der Waals surface area (Å²) >= 11 is 0. The van der Waals surface area contributed by atoms with Crippen LogP contribution in [0.3, 0.4) is 0 Å². The van der Waals surface area contributed by atoms with Crippen LogP contribution in [0.4, 0.5) is 4.79 Å². The Kier molecular flexibility index (Phi) is 9.11. The predicted octanol–water partition coefficient (Wildman–Crippen LogP) is -1.23. The van der Waals surface area contributed by atoms with Gasteiger partial charge in [-0.2, -0.15) is 0 Å². The molecule has 0 aromatic rings. The first-order valence-corrected chi connectivity index (χ1v) is 5.90. The lowest BCUT2D eigenvalue weighted by Crippen LogP contribution is -2.48. The zero-order chi connectivity index (χ0) is 14.0. The summed E-state index contributed by atoms with van der Waals surface area (Å²) in [7, 11) is 0. The SMILES string of the molecule is CCOC(=O)NN[C@@H](CCCNC(N)N)C(C)=O. The summed E-state index contributed by atoms with van der Waals surface area (Å²) < 4.78 is 4.66. The van der Waals surface area contributed by atoms with Gasteiger partial charge in [0.2, 0.25) is 0 Å². The lowest BCUT2D eigenvalue weighted by atomic mass is 10.1. The number of carbonyl (C=O) groups excluding carboxylic acids is 2. The molecular weight excluding hydrogens is 238 g/mol. The molecule has 0 saturated heterocycles. The van der Waals surface area contributed by atoms with Crippen molar-refractivity contribution in [3.63, 3.8) is 0 Å². The van der Waals surface area contributed by atoms with Crippen LogP contribution in [0.25, 0.3) is 0 Å². The van der Waals surface area contributed by atoms with E-state index in [0.717, 1.165) is 0 Å². The first-order valence-electron chi connectivity index (χ1n) is 5.90. The van der Waals surface area contributed by atoms with Crippen molar-refractivity contribution in [3.8, 4) is 0 Å². The molecule has 0 rings (SSSR count). The van der Waals surface area contributed by atoms with Crippen LogP contribution in [0, 0.1) is 0 Å². The van der Waals surface area contributed by atoms with E-state index < -0.39 is 18.4 Å². The topological polar surface area (TPSA) is 132 Å². The van der Waals surface area contributed by atoms with Gasteiger partial charge in [0, 0.05) is 0 Å². The summed E-state index contributed by atoms with van der Waals surface area (Å²) in [5.74, 6) is -0.0659. The molecule has 0 spiro atoms. The quantitative estimate of drug-likeness (QED) is 0.199. The third-order valence-electron chi connectivity index (χ3n) is 2.16. The van der Waals surface area contributed by atoms with Crippen LogP contribution >= 0.6 is 0 Å². The van der Waals surface area contributed by atoms with Crippen molar-refractivity contribution < 1.29 is 14.3 Å². The number of Topliss-reactive ketones (excluding diaryl/α,β-unsaturated/α-hetero) is 1. The van der Waals surface area contributed by atoms with E-state index in [4.69, 9.17) is 11.5 Å². The van der Waals surface area contributed by atoms with E-state index in [1.54, 1.807) is 6.92 Å². The van der Waals surface area contributed by atoms with Crippen molar-refractivity contribution in [2.75, 3.05) is 13.2 Å². The highest BCUT2D eigenvalue weighted by Gasteiger charge is 2.14. The van der Waals surface area contributed by atoms with Gasteiger partial charge in [-0.25, -0.2) is 10.2 Å². The van der Waals surface area contributed by atoms with Gasteiger partial charge >= 0.3 is 6.09 Å². The van der Waals surface area contributed by atoms with Crippen LogP contribution in [-0.2, 0) is 9.53 Å². The molecule has 0 aliphatic rings. The number of nitrogens with one attached hydrogen (secondary N) is 3. The van der Waals surface area contributed by atoms with Gasteiger partial charge in [-0.15, -0.1) is 0 Å². The molecule has 8 nitrogen and oxygen atoms in total. The lowest BCUT2D eigenvalue weighted by molar-refractivity contribution is -0.119. The second-order valence-electron chi connectivity index (χ2n) is 3.78. The molecule has 0 aliphatic carbocycles. The molecular formula is C10H23N5O3. The first-order chi connectivity index (χ1) is 8.47. The monoisotopic (exact) mass is 261 g/mol. The normalized spacial score (nSPS) is 12.3. The summed E-state index contributed by atoms with van der Waals surface area (Å²) in [4.78, 5) is 22.4. The number of carbonyl (C=O) groups is 2. The molecule has 1 atom stereocenters. The van der Waals surface area contributed by atoms with Crippen molar-refractivity contribution >= 4 is 11.9 Å². The Morgan fingerprint density at radius 1 is 1.33 bits per heavy atom. The fourth-order valence-electron chi connectivity index (χ4n) is 1.27. The summed E-state index contributed by atoms with van der Waals surface area (Å²) in [5.41, 5.74) is 15.6. The first kappa shape index (κ1) is 16.8. The highest BCUT2D eigenvalue weighted by atomic mass is 16.5. The second kappa shape index (κ2) is 9.77. The highest BCUT2D eigenvalue weighted by molar-refractivity contribution is 5.81. The van der Waals surface area contributed by atoms with Crippen LogP contribution < -0.4 is 27.6 Å². The molecule has 0 saturated carbocycles. The number of rotatable bonds is 9. The standard InChI is InChI=1S/C10H23N5O3/c1-3-18-10(17)15-14-8(7(2)16)5-4-6-13-9(11)12/h8-9,13-14H,3-6,11-12H2,1-2H3,(H,15,17)/t8-/m0/s1. The number of hydrazine groups is 1. The molecule has 0 aliphatic heterocycles. The Labute approximate surface area is 107 Å². The van der Waals surface area contributed by atoms with Gasteiger partial charge in [0.05, 0.1) is 12.6 Å². The van der Waals surface area contributed by atoms with Gasteiger partial charge in [0.25, 0.3) is 0 Å². The highest BCUT2D eigenvalue weighted by Crippen LogP contribution is 1.97. The van der Waals surface area contributed by atoms with Crippen LogP contribution in [0.15, 0.2) is 0 Å². The van der Waals surface area contributed by atoms with E-state index in [9.17, 15) is 9.59 Å². The van der Waals surface area contributed by atoms with Gasteiger partial charge in [-0.1, -0.05) is 0 Å². The predicted molar refractivity (Wildman–Crippen MR) is 67.2 cm³/mol. The number of ether oxygens (including phenoxy) is 1. The van der Waals surface area contributed by atoms with E-state index in [1.807, 2.05) is 0 Å². The van der Waals surface area contributed by atoms with E-state index in [1.165, 1.54) is 6.92 Å². The fourth-order valence-corrected chi connectivity index (χ4v) is 1.27. The number of hydrogen-bond donors (Lipinski definition) is 5. The minimum absolute atomic E-state index is 0.0659. The van der Waals surface area contributed by atoms with E-state index in [2.05, 4.69) is 20.9 Å². The van der Waals surface area contributed by atoms with E-state index >= 15 is 0 Å². The molecule has 0 unspecified atom stereocenters. The molecule has 7 N–H and O–H groups in total. The molecule has 0 radical (unpaired) electrons. The van der Waals surface area contributed by atoms with Crippen LogP contribution in [0.2, 0.25) is 0 Å². The van der Waals surface area contributed by atoms with Crippen molar-refractivity contribution in [3.05, 3.63) is 0 Å². The maximum Gasteiger partial charge on any atom is 0.421 e. The van der Waals surface area contributed by atoms with Crippen molar-refractivity contribution in [2.45, 2.75) is 39.0 Å². The fraction of sp³-hybridized carbons (Fsp3) is 0.800. The van der Waals surface area contributed by atoms with Gasteiger partial charge in [0.15, 0.2) is 0 Å². The Balaban J connectivity index is 3.86. The van der Waals surface area contributed by atoms with Crippen molar-refractivity contribution in [1.29, 1.82) is 0 Å². The summed E-state index contributed by atoms with van der Waals surface area (Å²) in [6.07, 6.45) is 0.0888. The molecule has 0 aromatic carbocycles. The second-order valence-corrected chi connectivity index (χ2v) is 3.78. The van der Waals surface area contributed by atoms with Gasteiger partial charge in [-0.3, -0.25) is 15.5 Å². The number of hydrogen-bond acceptors (Lipinski definition) is 7. The van der Waals surface area contributed by atoms with Crippen LogP contribution in [0.1, 0.15) is 26.7 Å². The Bertz CT molecular complexity index is 260. The Morgan fingerprint density at radius 3 is 2.50 bits per heavy atom. The number of ketones is 1. The average molecular weight is 261 g/mol. The molecule has 18 heavy (non-hydrogen) atoms. The maximum atomic E-state index is 11.3. The van der Waals surface area contributed by atoms with Crippen LogP contribution in [-0.4, -0.2) is 37.4 Å². The number of nitrogens with two attached hydrogens (primary N) is 2. The maximum absolute atomic E-state index is 11.3. The summed E-state index contributed by atoms with van der Waals surface area (Å²) in [6, 6.07) is -0.454. The van der Waals surface area contributed by atoms with E-state index in [-0.39, 0.29) is 12.4 Å². The Hall–Kier alpha value is -1.22. The zero-order valence-electron chi connectivity index (χ0n) is 10.9. The molecule has 0 aromatic heterocycles. The van der Waals surface area contributed by atoms with E-state index in [0.29, 0.717) is 19.4 Å². The smallest absolute Gasteiger partial charge is 0.421 e. The van der Waals surface area contributed by atoms with Crippen molar-refractivity contribution in [2.24, 2.45) is 11.5 Å². The van der Waals surface area contributed by atoms with Gasteiger partial charge < -0.3 is 16.2 Å². The molecule has 8 heteroatoms. The van der Waals surface area contributed by atoms with Gasteiger partial charge in [0.1, 0.15) is 12.1 Å². The zero-order valence-corrected chi connectivity index (χ0v) is 10.9. The lowest BCUT2D eigenvalue weighted by Gasteiger charge is -2.16. The molecule has 1 amide bonds. The van der Waals surface area contributed by atoms with Gasteiger partial charge in [-0.05, 0) is 33.2 Å². The minimum atomic E-state index is -0.606. The largest absolute Gasteiger partial charge is 0.449 e. The Morgan fingerprint density at radius 2 is 2.00 bits per heavy atom. The third-order valence-corrected chi connectivity index (χ3v) is 2.16. The molecule has 0 fully saturated rings. The minimum Gasteiger partial charge on any atom is -0.449 e. The summed E-state index contributed by atoms with van der Waals surface area (Å²) in [6.45, 7) is 4.02. The molecule has 0 heterocycles. The number of amides is 1. The molecule has 0 bridgehead atoms. The van der Waals surface area contributed by atoms with Crippen LogP contribution in [0.5, 0.6) is 0 Å². The average Bonchev–Trinajstić information content (AvgIpc) is 2.27.